The van der Waals surface area contributed by atoms with Crippen molar-refractivity contribution in [1.82, 2.24) is 20.6 Å². The lowest BCUT2D eigenvalue weighted by Gasteiger charge is -2.22. The van der Waals surface area contributed by atoms with Gasteiger partial charge < -0.3 is 35.6 Å². The number of pyridine rings is 1. The Bertz CT molecular complexity index is 1200. The monoisotopic (exact) mass is 579 g/mol. The molecule has 2 atom stereocenters. The van der Waals surface area contributed by atoms with E-state index in [9.17, 15) is 29.4 Å². The van der Waals surface area contributed by atoms with Gasteiger partial charge in [0.05, 0.1) is 12.7 Å². The number of ether oxygens (including phenoxy) is 2. The number of carbonyl (C=O) groups excluding carboxylic acids is 2. The number of nitrogens with zero attached hydrogens (tertiary/aromatic N) is 2. The number of carboxylic acids is 2. The molecule has 0 unspecified atom stereocenters. The number of carbonyl (C=O) groups is 4. The Morgan fingerprint density at radius 1 is 0.902 bits per heavy atom. The number of alkyl carbamates (subject to hydrolysis) is 2. The van der Waals surface area contributed by atoms with Crippen LogP contribution in [-0.4, -0.2) is 74.1 Å². The number of H-pyrrole nitrogens is 1. The molecule has 41 heavy (non-hydrogen) atoms. The molecule has 228 valence electrons. The molecular formula is C27H43N6O8+. The summed E-state index contributed by atoms with van der Waals surface area (Å²) >= 11 is 0. The number of hydrogen-bond acceptors (Lipinski definition) is 8. The first-order valence-corrected chi connectivity index (χ1v) is 13.6. The van der Waals surface area contributed by atoms with Gasteiger partial charge in [0.15, 0.2) is 0 Å². The van der Waals surface area contributed by atoms with Crippen LogP contribution in [0.1, 0.15) is 73.6 Å². The molecule has 0 radical (unpaired) electrons. The van der Waals surface area contributed by atoms with Crippen molar-refractivity contribution in [3.05, 3.63) is 18.3 Å². The highest BCUT2D eigenvalue weighted by atomic mass is 16.6. The molecule has 0 spiro atoms. The van der Waals surface area contributed by atoms with Gasteiger partial charge in [-0.15, -0.1) is 0 Å². The van der Waals surface area contributed by atoms with E-state index in [0.717, 1.165) is 5.52 Å². The van der Waals surface area contributed by atoms with E-state index in [1.54, 1.807) is 41.5 Å². The topological polar surface area (TPSA) is 196 Å². The molecule has 2 amide bonds. The Morgan fingerprint density at radius 3 is 1.95 bits per heavy atom. The summed E-state index contributed by atoms with van der Waals surface area (Å²) in [6, 6.07) is 1.62. The van der Waals surface area contributed by atoms with Crippen LogP contribution in [-0.2, 0) is 25.6 Å². The summed E-state index contributed by atoms with van der Waals surface area (Å²) in [5, 5.41) is 26.8. The summed E-state index contributed by atoms with van der Waals surface area (Å²) < 4.78 is 12.2. The van der Waals surface area contributed by atoms with Gasteiger partial charge in [-0.3, -0.25) is 4.98 Å². The Balaban J connectivity index is 1.86. The fourth-order valence-electron chi connectivity index (χ4n) is 3.85. The first-order chi connectivity index (χ1) is 19.0. The zero-order valence-electron chi connectivity index (χ0n) is 24.6. The maximum Gasteiger partial charge on any atom is 0.408 e. The van der Waals surface area contributed by atoms with Crippen LogP contribution in [0, 0.1) is 0 Å². The SMILES string of the molecule is CC(C)(C)OC(=O)N[C@@H](CCCC[n+]1cccc2[nH]c(NCCC[C@H](NC(=O)OC(C)(C)C)C(=O)O)nc21)C(=O)O. The van der Waals surface area contributed by atoms with Gasteiger partial charge in [-0.05, 0) is 90.8 Å². The first-order valence-electron chi connectivity index (χ1n) is 13.6. The standard InChI is InChI=1S/C27H42N6O8/c1-26(2,3)40-24(38)30-18(21(34)35)11-7-8-15-33-16-10-13-17-20(33)32-23(29-17)28-14-9-12-19(22(36)37)31-25(39)41-27(4,5)6/h10,13,16,18-19H,7-9,11-12,14-15H2,1-6H3,(H5,28,29,30,31,34,35,36,37,38,39)/p+1/t18-,19-/m0/s1. The van der Waals surface area contributed by atoms with Gasteiger partial charge in [-0.25, -0.2) is 23.7 Å². The predicted octanol–water partition coefficient (Wildman–Crippen LogP) is 3.17. The fourth-order valence-corrected chi connectivity index (χ4v) is 3.85. The second-order valence-corrected chi connectivity index (χ2v) is 11.7. The zero-order valence-corrected chi connectivity index (χ0v) is 24.6. The molecule has 14 heteroatoms. The number of fused-ring (bicyclic) bond motifs is 1. The number of aryl methyl sites for hydroxylation is 1. The van der Waals surface area contributed by atoms with Gasteiger partial charge in [0.25, 0.3) is 0 Å². The minimum atomic E-state index is -1.14. The van der Waals surface area contributed by atoms with E-state index in [-0.39, 0.29) is 12.8 Å². The largest absolute Gasteiger partial charge is 0.480 e. The van der Waals surface area contributed by atoms with Crippen molar-refractivity contribution < 1.29 is 43.4 Å². The lowest BCUT2D eigenvalue weighted by molar-refractivity contribution is -0.673. The molecule has 2 aromatic heterocycles. The molecule has 0 aliphatic rings. The van der Waals surface area contributed by atoms with Gasteiger partial charge in [-0.1, -0.05) is 0 Å². The second kappa shape index (κ2) is 14.5. The van der Waals surface area contributed by atoms with Crippen molar-refractivity contribution >= 4 is 41.2 Å². The molecule has 6 N–H and O–H groups in total. The Hall–Kier alpha value is -4.10. The summed E-state index contributed by atoms with van der Waals surface area (Å²) in [6.07, 6.45) is 2.43. The van der Waals surface area contributed by atoms with E-state index in [1.807, 2.05) is 22.9 Å². The van der Waals surface area contributed by atoms with Crippen LogP contribution < -0.4 is 20.5 Å². The Morgan fingerprint density at radius 2 is 1.44 bits per heavy atom. The van der Waals surface area contributed by atoms with E-state index in [4.69, 9.17) is 9.47 Å². The molecule has 2 rings (SSSR count). The smallest absolute Gasteiger partial charge is 0.408 e. The maximum absolute atomic E-state index is 12.0. The van der Waals surface area contributed by atoms with Gasteiger partial charge >= 0.3 is 35.7 Å². The van der Waals surface area contributed by atoms with E-state index in [1.165, 1.54) is 0 Å². The number of imidazole rings is 1. The van der Waals surface area contributed by atoms with Crippen LogP contribution in [0.4, 0.5) is 15.5 Å². The van der Waals surface area contributed by atoms with Gasteiger partial charge in [-0.2, -0.15) is 0 Å². The number of amides is 2. The van der Waals surface area contributed by atoms with E-state index >= 15 is 0 Å². The van der Waals surface area contributed by atoms with Crippen molar-refractivity contribution in [2.75, 3.05) is 11.9 Å². The second-order valence-electron chi connectivity index (χ2n) is 11.7. The number of aliphatic carboxylic acids is 2. The van der Waals surface area contributed by atoms with Gasteiger partial charge in [0.2, 0.25) is 0 Å². The number of aromatic nitrogens is 3. The van der Waals surface area contributed by atoms with Crippen molar-refractivity contribution in [3.63, 3.8) is 0 Å². The molecule has 2 heterocycles. The van der Waals surface area contributed by atoms with E-state index in [2.05, 4.69) is 25.9 Å². The molecule has 0 aliphatic carbocycles. The minimum absolute atomic E-state index is 0.196. The third-order valence-corrected chi connectivity index (χ3v) is 5.59. The summed E-state index contributed by atoms with van der Waals surface area (Å²) in [5.41, 5.74) is 0.0402. The third-order valence-electron chi connectivity index (χ3n) is 5.59. The van der Waals surface area contributed by atoms with Crippen LogP contribution in [0.2, 0.25) is 0 Å². The van der Waals surface area contributed by atoms with E-state index in [0.29, 0.717) is 43.9 Å². The molecule has 14 nitrogen and oxygen atoms in total. The van der Waals surface area contributed by atoms with Crippen molar-refractivity contribution in [1.29, 1.82) is 0 Å². The van der Waals surface area contributed by atoms with Crippen LogP contribution in [0.25, 0.3) is 11.2 Å². The highest BCUT2D eigenvalue weighted by molar-refractivity contribution is 5.80. The molecule has 0 aromatic carbocycles. The summed E-state index contributed by atoms with van der Waals surface area (Å²) in [6.45, 7) is 11.2. The average molecular weight is 580 g/mol. The van der Waals surface area contributed by atoms with Gasteiger partial charge in [0.1, 0.15) is 28.8 Å². The quantitative estimate of drug-likeness (QED) is 0.143. The van der Waals surface area contributed by atoms with Gasteiger partial charge in [0, 0.05) is 6.54 Å². The third kappa shape index (κ3) is 12.3. The van der Waals surface area contributed by atoms with Crippen molar-refractivity contribution in [2.45, 2.75) is 103 Å². The molecule has 0 fully saturated rings. The molecule has 0 saturated heterocycles. The number of aromatic amines is 1. The molecular weight excluding hydrogens is 536 g/mol. The van der Waals surface area contributed by atoms with Crippen LogP contribution >= 0.6 is 0 Å². The highest BCUT2D eigenvalue weighted by Crippen LogP contribution is 2.13. The summed E-state index contributed by atoms with van der Waals surface area (Å²) in [7, 11) is 0. The molecule has 0 aliphatic heterocycles. The molecule has 0 bridgehead atoms. The van der Waals surface area contributed by atoms with E-state index < -0.39 is 47.4 Å². The van der Waals surface area contributed by atoms with Crippen LogP contribution in [0.3, 0.4) is 0 Å². The lowest BCUT2D eigenvalue weighted by atomic mass is 10.1. The fraction of sp³-hybridized carbons (Fsp3) is 0.630. The minimum Gasteiger partial charge on any atom is -0.480 e. The maximum atomic E-state index is 12.0. The first kappa shape index (κ1) is 33.1. The number of rotatable bonds is 14. The Kier molecular flexibility index (Phi) is 11.7. The van der Waals surface area contributed by atoms with Crippen LogP contribution in [0.5, 0.6) is 0 Å². The zero-order chi connectivity index (χ0) is 30.8. The number of hydrogen-bond donors (Lipinski definition) is 6. The average Bonchev–Trinajstić information content (AvgIpc) is 3.24. The Labute approximate surface area is 239 Å². The predicted molar refractivity (Wildman–Crippen MR) is 149 cm³/mol. The number of anilines is 1. The highest BCUT2D eigenvalue weighted by Gasteiger charge is 2.25. The van der Waals surface area contributed by atoms with Crippen molar-refractivity contribution in [2.24, 2.45) is 0 Å². The lowest BCUT2D eigenvalue weighted by Crippen LogP contribution is -2.43. The number of nitrogens with one attached hydrogen (secondary N) is 4. The number of unbranched alkanes of at least 4 members (excludes halogenated alkanes) is 1. The summed E-state index contributed by atoms with van der Waals surface area (Å²) in [4.78, 5) is 54.8. The van der Waals surface area contributed by atoms with Crippen LogP contribution in [0.15, 0.2) is 18.3 Å². The number of carboxylic acid groups (broad SMARTS) is 2. The summed E-state index contributed by atoms with van der Waals surface area (Å²) in [5.74, 6) is -1.75. The molecule has 0 saturated carbocycles. The molecule has 2 aromatic rings. The normalized spacial score (nSPS) is 13.2. The van der Waals surface area contributed by atoms with Crippen molar-refractivity contribution in [3.8, 4) is 0 Å².